The van der Waals surface area contributed by atoms with Gasteiger partial charge in [0, 0.05) is 5.56 Å². The second-order valence-electron chi connectivity index (χ2n) is 5.23. The normalized spacial score (nSPS) is 9.89. The number of amides is 2. The summed E-state index contributed by atoms with van der Waals surface area (Å²) in [5, 5.41) is 2.14. The van der Waals surface area contributed by atoms with E-state index in [-0.39, 0.29) is 17.1 Å². The van der Waals surface area contributed by atoms with E-state index >= 15 is 0 Å². The van der Waals surface area contributed by atoms with Crippen LogP contribution in [-0.4, -0.2) is 45.7 Å². The van der Waals surface area contributed by atoms with Crippen molar-refractivity contribution in [2.75, 3.05) is 27.9 Å². The number of hydrogen-bond acceptors (Lipinski definition) is 7. The van der Waals surface area contributed by atoms with E-state index in [0.717, 1.165) is 0 Å². The number of carbonyl (C=O) groups excluding carboxylic acids is 3. The molecule has 0 bridgehead atoms. The molecule has 2 aromatic rings. The van der Waals surface area contributed by atoms with E-state index in [0.29, 0.717) is 11.3 Å². The highest BCUT2D eigenvalue weighted by Crippen LogP contribution is 2.38. The molecule has 0 saturated carbocycles. The number of benzene rings is 2. The molecule has 2 aromatic carbocycles. The van der Waals surface area contributed by atoms with E-state index in [9.17, 15) is 14.4 Å². The Hall–Kier alpha value is -3.55. The Labute approximate surface area is 156 Å². The Morgan fingerprint density at radius 2 is 1.44 bits per heavy atom. The van der Waals surface area contributed by atoms with Gasteiger partial charge in [-0.3, -0.25) is 14.9 Å². The predicted molar refractivity (Wildman–Crippen MR) is 95.3 cm³/mol. The summed E-state index contributed by atoms with van der Waals surface area (Å²) in [5.74, 6) is -1.24. The average molecular weight is 373 g/mol. The Balaban J connectivity index is 2.01. The molecule has 0 saturated heterocycles. The van der Waals surface area contributed by atoms with E-state index in [2.05, 4.69) is 5.32 Å². The van der Waals surface area contributed by atoms with Crippen molar-refractivity contribution in [2.24, 2.45) is 0 Å². The number of carbonyl (C=O) groups is 3. The zero-order valence-corrected chi connectivity index (χ0v) is 15.1. The van der Waals surface area contributed by atoms with Crippen molar-refractivity contribution in [1.82, 2.24) is 5.32 Å². The number of nitrogens with one attached hydrogen (secondary N) is 1. The van der Waals surface area contributed by atoms with Gasteiger partial charge in [-0.15, -0.1) is 0 Å². The predicted octanol–water partition coefficient (Wildman–Crippen LogP) is 1.83. The molecule has 8 heteroatoms. The maximum absolute atomic E-state index is 12.2. The second kappa shape index (κ2) is 9.23. The number of hydrogen-bond donors (Lipinski definition) is 1. The third kappa shape index (κ3) is 4.97. The van der Waals surface area contributed by atoms with Gasteiger partial charge < -0.3 is 18.9 Å². The molecule has 0 radical (unpaired) electrons. The van der Waals surface area contributed by atoms with Crippen molar-refractivity contribution in [1.29, 1.82) is 0 Å². The van der Waals surface area contributed by atoms with Gasteiger partial charge >= 0.3 is 5.97 Å². The fourth-order valence-corrected chi connectivity index (χ4v) is 2.24. The van der Waals surface area contributed by atoms with Crippen molar-refractivity contribution >= 4 is 17.8 Å². The molecule has 0 aliphatic heterocycles. The van der Waals surface area contributed by atoms with Gasteiger partial charge in [-0.1, -0.05) is 18.2 Å². The minimum Gasteiger partial charge on any atom is -0.493 e. The van der Waals surface area contributed by atoms with E-state index < -0.39 is 24.4 Å². The molecule has 0 aromatic heterocycles. The van der Waals surface area contributed by atoms with Crippen LogP contribution in [0.5, 0.6) is 17.2 Å². The summed E-state index contributed by atoms with van der Waals surface area (Å²) in [6.45, 7) is -0.617. The minimum atomic E-state index is -0.781. The minimum absolute atomic E-state index is 0.103. The lowest BCUT2D eigenvalue weighted by atomic mass is 10.2. The number of imide groups is 1. The van der Waals surface area contributed by atoms with Gasteiger partial charge in [0.1, 0.15) is 0 Å². The SMILES string of the molecule is COc1cc(C(=O)OCC(=O)NC(=O)c2ccccc2)cc(OC)c1OC. The van der Waals surface area contributed by atoms with Crippen LogP contribution in [-0.2, 0) is 9.53 Å². The van der Waals surface area contributed by atoms with E-state index in [1.54, 1.807) is 30.3 Å². The zero-order chi connectivity index (χ0) is 19.8. The topological polar surface area (TPSA) is 100 Å². The summed E-state index contributed by atoms with van der Waals surface area (Å²) in [7, 11) is 4.26. The van der Waals surface area contributed by atoms with Crippen LogP contribution in [0.15, 0.2) is 42.5 Å². The largest absolute Gasteiger partial charge is 0.493 e. The lowest BCUT2D eigenvalue weighted by molar-refractivity contribution is -0.123. The Morgan fingerprint density at radius 3 is 1.96 bits per heavy atom. The van der Waals surface area contributed by atoms with Crippen LogP contribution < -0.4 is 19.5 Å². The van der Waals surface area contributed by atoms with Gasteiger partial charge in [0.05, 0.1) is 26.9 Å². The van der Waals surface area contributed by atoms with Crippen LogP contribution >= 0.6 is 0 Å². The van der Waals surface area contributed by atoms with Crippen molar-refractivity contribution in [3.8, 4) is 17.2 Å². The van der Waals surface area contributed by atoms with Crippen LogP contribution in [0.25, 0.3) is 0 Å². The maximum atomic E-state index is 12.2. The molecule has 0 unspecified atom stereocenters. The number of ether oxygens (including phenoxy) is 4. The quantitative estimate of drug-likeness (QED) is 0.739. The molecule has 2 rings (SSSR count). The highest BCUT2D eigenvalue weighted by Gasteiger charge is 2.19. The lowest BCUT2D eigenvalue weighted by Crippen LogP contribution is -2.34. The molecule has 142 valence electrons. The highest BCUT2D eigenvalue weighted by atomic mass is 16.5. The standard InChI is InChI=1S/C19H19NO7/c1-24-14-9-13(10-15(25-2)17(14)26-3)19(23)27-11-16(21)20-18(22)12-7-5-4-6-8-12/h4-10H,11H2,1-3H3,(H,20,21,22). The molecule has 0 aliphatic rings. The van der Waals surface area contributed by atoms with E-state index in [1.165, 1.54) is 33.5 Å². The summed E-state index contributed by atoms with van der Waals surface area (Å²) in [6.07, 6.45) is 0. The lowest BCUT2D eigenvalue weighted by Gasteiger charge is -2.13. The summed E-state index contributed by atoms with van der Waals surface area (Å²) in [4.78, 5) is 35.9. The van der Waals surface area contributed by atoms with Crippen molar-refractivity contribution < 1.29 is 33.3 Å². The van der Waals surface area contributed by atoms with Gasteiger partial charge in [-0.25, -0.2) is 4.79 Å². The molecule has 27 heavy (non-hydrogen) atoms. The Morgan fingerprint density at radius 1 is 0.852 bits per heavy atom. The van der Waals surface area contributed by atoms with Crippen LogP contribution in [0.2, 0.25) is 0 Å². The molecule has 0 atom stereocenters. The third-order valence-corrected chi connectivity index (χ3v) is 3.52. The molecule has 0 aliphatic carbocycles. The summed E-state index contributed by atoms with van der Waals surface area (Å²) in [6, 6.07) is 11.0. The van der Waals surface area contributed by atoms with Crippen LogP contribution in [0, 0.1) is 0 Å². The first-order valence-corrected chi connectivity index (χ1v) is 7.86. The fourth-order valence-electron chi connectivity index (χ4n) is 2.24. The second-order valence-corrected chi connectivity index (χ2v) is 5.23. The molecule has 0 spiro atoms. The summed E-state index contributed by atoms with van der Waals surface area (Å²) >= 11 is 0. The number of methoxy groups -OCH3 is 3. The molecule has 1 N–H and O–H groups in total. The maximum Gasteiger partial charge on any atom is 0.338 e. The Kier molecular flexibility index (Phi) is 6.76. The number of rotatable bonds is 7. The molecule has 2 amide bonds. The first kappa shape index (κ1) is 19.8. The van der Waals surface area contributed by atoms with Crippen molar-refractivity contribution in [3.05, 3.63) is 53.6 Å². The first-order chi connectivity index (χ1) is 13.0. The Bertz CT molecular complexity index is 808. The molecule has 0 heterocycles. The van der Waals surface area contributed by atoms with Gasteiger partial charge in [0.25, 0.3) is 11.8 Å². The van der Waals surface area contributed by atoms with Gasteiger partial charge in [0.15, 0.2) is 18.1 Å². The third-order valence-electron chi connectivity index (χ3n) is 3.52. The van der Waals surface area contributed by atoms with Crippen LogP contribution in [0.4, 0.5) is 0 Å². The van der Waals surface area contributed by atoms with Crippen molar-refractivity contribution in [3.63, 3.8) is 0 Å². The van der Waals surface area contributed by atoms with Crippen LogP contribution in [0.3, 0.4) is 0 Å². The van der Waals surface area contributed by atoms with Crippen molar-refractivity contribution in [2.45, 2.75) is 0 Å². The molecular formula is C19H19NO7. The summed E-state index contributed by atoms with van der Waals surface area (Å²) < 4.78 is 20.4. The van der Waals surface area contributed by atoms with E-state index in [4.69, 9.17) is 18.9 Å². The van der Waals surface area contributed by atoms with Gasteiger partial charge in [0.2, 0.25) is 5.75 Å². The first-order valence-electron chi connectivity index (χ1n) is 7.86. The average Bonchev–Trinajstić information content (AvgIpc) is 2.71. The smallest absolute Gasteiger partial charge is 0.338 e. The highest BCUT2D eigenvalue weighted by molar-refractivity contribution is 6.05. The molecule has 8 nitrogen and oxygen atoms in total. The fraction of sp³-hybridized carbons (Fsp3) is 0.211. The summed E-state index contributed by atoms with van der Waals surface area (Å²) in [5.41, 5.74) is 0.425. The zero-order valence-electron chi connectivity index (χ0n) is 15.1. The van der Waals surface area contributed by atoms with Gasteiger partial charge in [-0.2, -0.15) is 0 Å². The van der Waals surface area contributed by atoms with Crippen LogP contribution in [0.1, 0.15) is 20.7 Å². The van der Waals surface area contributed by atoms with Gasteiger partial charge in [-0.05, 0) is 24.3 Å². The molecule has 0 fully saturated rings. The van der Waals surface area contributed by atoms with E-state index in [1.807, 2.05) is 0 Å². The monoisotopic (exact) mass is 373 g/mol. The molecular weight excluding hydrogens is 354 g/mol. The number of esters is 1.